The number of fused-ring (bicyclic) bond motifs is 1. The Hall–Kier alpha value is -3.21. The standard InChI is InChI=1S/C24H29N5O4S/c1-3-18(25)23(32)28-8-10-29(11-9-28)24-27-19-7-5-15(12-21(19)34-24)22(31)26-17-6-4-16(14-30)20(13-17)33-2/h4-7,12-13,18,30H,3,8-11,14,25H2,1-2H3,(H,26,31)/t18-/m0/s1. The molecule has 34 heavy (non-hydrogen) atoms. The third kappa shape index (κ3) is 4.98. The quantitative estimate of drug-likeness (QED) is 0.472. The van der Waals surface area contributed by atoms with Crippen molar-refractivity contribution >= 4 is 44.2 Å². The van der Waals surface area contributed by atoms with Gasteiger partial charge in [0.25, 0.3) is 5.91 Å². The Balaban J connectivity index is 1.44. The Kier molecular flexibility index (Phi) is 7.30. The van der Waals surface area contributed by atoms with E-state index in [4.69, 9.17) is 15.5 Å². The van der Waals surface area contributed by atoms with E-state index in [2.05, 4.69) is 10.2 Å². The largest absolute Gasteiger partial charge is 0.496 e. The number of rotatable bonds is 7. The summed E-state index contributed by atoms with van der Waals surface area (Å²) in [4.78, 5) is 33.9. The van der Waals surface area contributed by atoms with Gasteiger partial charge in [0.1, 0.15) is 5.75 Å². The summed E-state index contributed by atoms with van der Waals surface area (Å²) in [6.45, 7) is 4.41. The molecule has 0 spiro atoms. The van der Waals surface area contributed by atoms with Crippen molar-refractivity contribution in [2.45, 2.75) is 26.0 Å². The van der Waals surface area contributed by atoms with E-state index >= 15 is 0 Å². The molecule has 4 rings (SSSR count). The summed E-state index contributed by atoms with van der Waals surface area (Å²) in [7, 11) is 1.52. The summed E-state index contributed by atoms with van der Waals surface area (Å²) in [5, 5.41) is 13.1. The van der Waals surface area contributed by atoms with Crippen LogP contribution in [0.15, 0.2) is 36.4 Å². The number of benzene rings is 2. The van der Waals surface area contributed by atoms with Gasteiger partial charge in [0.2, 0.25) is 5.91 Å². The summed E-state index contributed by atoms with van der Waals surface area (Å²) >= 11 is 1.53. The summed E-state index contributed by atoms with van der Waals surface area (Å²) in [6.07, 6.45) is 0.633. The van der Waals surface area contributed by atoms with Crippen LogP contribution < -0.4 is 20.7 Å². The highest BCUT2D eigenvalue weighted by Gasteiger charge is 2.25. The zero-order valence-electron chi connectivity index (χ0n) is 19.3. The molecule has 1 aliphatic rings. The van der Waals surface area contributed by atoms with Crippen molar-refractivity contribution in [1.82, 2.24) is 9.88 Å². The van der Waals surface area contributed by atoms with Crippen molar-refractivity contribution in [3.8, 4) is 5.75 Å². The van der Waals surface area contributed by atoms with E-state index in [-0.39, 0.29) is 18.4 Å². The molecule has 1 aromatic heterocycles. The van der Waals surface area contributed by atoms with Gasteiger partial charge in [-0.2, -0.15) is 0 Å². The van der Waals surface area contributed by atoms with Gasteiger partial charge < -0.3 is 30.7 Å². The number of methoxy groups -OCH3 is 1. The third-order valence-corrected chi connectivity index (χ3v) is 7.05. The van der Waals surface area contributed by atoms with E-state index in [1.54, 1.807) is 24.3 Å². The lowest BCUT2D eigenvalue weighted by Crippen LogP contribution is -2.53. The molecule has 180 valence electrons. The molecule has 10 heteroatoms. The molecule has 1 aliphatic heterocycles. The first-order valence-corrected chi connectivity index (χ1v) is 12.0. The highest BCUT2D eigenvalue weighted by Crippen LogP contribution is 2.31. The fourth-order valence-electron chi connectivity index (χ4n) is 3.87. The molecule has 1 saturated heterocycles. The lowest BCUT2D eigenvalue weighted by molar-refractivity contribution is -0.132. The minimum atomic E-state index is -0.438. The number of anilines is 2. The van der Waals surface area contributed by atoms with Crippen LogP contribution in [0.3, 0.4) is 0 Å². The second-order valence-electron chi connectivity index (χ2n) is 8.14. The van der Waals surface area contributed by atoms with Gasteiger partial charge in [-0.25, -0.2) is 4.98 Å². The number of aromatic nitrogens is 1. The predicted octanol–water partition coefficient (Wildman–Crippen LogP) is 2.44. The number of piperazine rings is 1. The molecule has 0 aliphatic carbocycles. The number of carbonyl (C=O) groups is 2. The Morgan fingerprint density at radius 2 is 1.97 bits per heavy atom. The van der Waals surface area contributed by atoms with Crippen molar-refractivity contribution in [3.63, 3.8) is 0 Å². The van der Waals surface area contributed by atoms with Crippen LogP contribution in [0.2, 0.25) is 0 Å². The van der Waals surface area contributed by atoms with E-state index in [0.717, 1.165) is 15.3 Å². The molecule has 0 unspecified atom stereocenters. The van der Waals surface area contributed by atoms with E-state index < -0.39 is 6.04 Å². The fraction of sp³-hybridized carbons (Fsp3) is 0.375. The van der Waals surface area contributed by atoms with Crippen molar-refractivity contribution in [2.75, 3.05) is 43.5 Å². The highest BCUT2D eigenvalue weighted by atomic mass is 32.1. The van der Waals surface area contributed by atoms with Gasteiger partial charge in [-0.1, -0.05) is 24.3 Å². The van der Waals surface area contributed by atoms with Crippen molar-refractivity contribution in [1.29, 1.82) is 0 Å². The molecule has 4 N–H and O–H groups in total. The molecule has 1 fully saturated rings. The van der Waals surface area contributed by atoms with Gasteiger partial charge in [0, 0.05) is 49.1 Å². The first-order chi connectivity index (χ1) is 16.4. The van der Waals surface area contributed by atoms with Crippen LogP contribution in [-0.4, -0.2) is 66.1 Å². The molecule has 1 atom stereocenters. The van der Waals surface area contributed by atoms with Crippen LogP contribution >= 0.6 is 11.3 Å². The summed E-state index contributed by atoms with van der Waals surface area (Å²) in [5.41, 5.74) is 8.48. The lowest BCUT2D eigenvalue weighted by Gasteiger charge is -2.35. The number of hydrogen-bond acceptors (Lipinski definition) is 8. The number of aliphatic hydroxyl groups excluding tert-OH is 1. The van der Waals surface area contributed by atoms with Crippen molar-refractivity contribution in [2.24, 2.45) is 5.73 Å². The zero-order chi connectivity index (χ0) is 24.2. The number of nitrogens with zero attached hydrogens (tertiary/aromatic N) is 3. The molecule has 0 bridgehead atoms. The monoisotopic (exact) mass is 483 g/mol. The van der Waals surface area contributed by atoms with E-state index in [9.17, 15) is 14.7 Å². The number of aliphatic hydroxyl groups is 1. The molecule has 2 heterocycles. The molecular formula is C24H29N5O4S. The molecule has 0 radical (unpaired) electrons. The summed E-state index contributed by atoms with van der Waals surface area (Å²) in [6, 6.07) is 10.1. The maximum atomic E-state index is 12.8. The van der Waals surface area contributed by atoms with Gasteiger partial charge in [0.05, 0.1) is 30.0 Å². The van der Waals surface area contributed by atoms with Gasteiger partial charge in [-0.05, 0) is 30.7 Å². The van der Waals surface area contributed by atoms with Crippen LogP contribution in [0.4, 0.5) is 10.8 Å². The third-order valence-electron chi connectivity index (χ3n) is 5.97. The number of carbonyl (C=O) groups excluding carboxylic acids is 2. The number of hydrogen-bond donors (Lipinski definition) is 3. The van der Waals surface area contributed by atoms with Gasteiger partial charge in [0.15, 0.2) is 5.13 Å². The van der Waals surface area contributed by atoms with Crippen LogP contribution in [0, 0.1) is 0 Å². The average Bonchev–Trinajstić information content (AvgIpc) is 3.31. The Bertz CT molecular complexity index is 1190. The molecule has 0 saturated carbocycles. The molecule has 9 nitrogen and oxygen atoms in total. The second-order valence-corrected chi connectivity index (χ2v) is 9.15. The maximum Gasteiger partial charge on any atom is 0.255 e. The molecular weight excluding hydrogens is 454 g/mol. The number of amides is 2. The topological polar surface area (TPSA) is 121 Å². The van der Waals surface area contributed by atoms with Crippen LogP contribution in [0.1, 0.15) is 29.3 Å². The summed E-state index contributed by atoms with van der Waals surface area (Å²) < 4.78 is 6.19. The van der Waals surface area contributed by atoms with Gasteiger partial charge in [-0.15, -0.1) is 0 Å². The summed E-state index contributed by atoms with van der Waals surface area (Å²) in [5.74, 6) is 0.280. The number of ether oxygens (including phenoxy) is 1. The van der Waals surface area contributed by atoms with E-state index in [1.807, 2.05) is 24.0 Å². The van der Waals surface area contributed by atoms with Crippen molar-refractivity contribution < 1.29 is 19.4 Å². The Labute approximate surface area is 202 Å². The first kappa shape index (κ1) is 23.9. The maximum absolute atomic E-state index is 12.8. The smallest absolute Gasteiger partial charge is 0.255 e. The van der Waals surface area contributed by atoms with E-state index in [1.165, 1.54) is 18.4 Å². The molecule has 3 aromatic rings. The molecule has 2 amide bonds. The number of thiazole rings is 1. The second kappa shape index (κ2) is 10.4. The SMILES string of the molecule is CC[C@H](N)C(=O)N1CCN(c2nc3ccc(C(=O)Nc4ccc(CO)c(OC)c4)cc3s2)CC1. The average molecular weight is 484 g/mol. The predicted molar refractivity (Wildman–Crippen MR) is 134 cm³/mol. The van der Waals surface area contributed by atoms with Crippen LogP contribution in [-0.2, 0) is 11.4 Å². The lowest BCUT2D eigenvalue weighted by atomic mass is 10.1. The Morgan fingerprint density at radius 3 is 2.65 bits per heavy atom. The van der Waals surface area contributed by atoms with E-state index in [0.29, 0.717) is 55.2 Å². The molecule has 2 aromatic carbocycles. The van der Waals surface area contributed by atoms with Gasteiger partial charge in [-0.3, -0.25) is 9.59 Å². The van der Waals surface area contributed by atoms with Crippen LogP contribution in [0.25, 0.3) is 10.2 Å². The number of nitrogens with one attached hydrogen (secondary N) is 1. The minimum absolute atomic E-state index is 0.00530. The normalized spacial score (nSPS) is 14.8. The zero-order valence-corrected chi connectivity index (χ0v) is 20.1. The minimum Gasteiger partial charge on any atom is -0.496 e. The number of nitrogens with two attached hydrogens (primary N) is 1. The highest BCUT2D eigenvalue weighted by molar-refractivity contribution is 7.22. The van der Waals surface area contributed by atoms with Crippen LogP contribution in [0.5, 0.6) is 5.75 Å². The van der Waals surface area contributed by atoms with Gasteiger partial charge >= 0.3 is 0 Å². The Morgan fingerprint density at radius 1 is 1.21 bits per heavy atom. The van der Waals surface area contributed by atoms with Crippen molar-refractivity contribution in [3.05, 3.63) is 47.5 Å². The first-order valence-electron chi connectivity index (χ1n) is 11.2. The fourth-order valence-corrected chi connectivity index (χ4v) is 4.93.